The van der Waals surface area contributed by atoms with Crippen LogP contribution in [-0.2, 0) is 16.5 Å². The van der Waals surface area contributed by atoms with Crippen molar-refractivity contribution in [3.63, 3.8) is 0 Å². The third-order valence-corrected chi connectivity index (χ3v) is 6.48. The molecule has 0 bridgehead atoms. The first kappa shape index (κ1) is 24.3. The van der Waals surface area contributed by atoms with Crippen molar-refractivity contribution in [2.24, 2.45) is 0 Å². The number of benzene rings is 1. The van der Waals surface area contributed by atoms with Gasteiger partial charge in [-0.2, -0.15) is 13.2 Å². The zero-order valence-electron chi connectivity index (χ0n) is 19.4. The number of aromatic nitrogens is 1. The predicted molar refractivity (Wildman–Crippen MR) is 121 cm³/mol. The Labute approximate surface area is 197 Å². The number of hydrogen-bond donors (Lipinski definition) is 1. The maximum Gasteiger partial charge on any atom is 0.433 e. The molecular weight excluding hydrogens is 447 g/mol. The molecule has 0 spiro atoms. The normalized spacial score (nSPS) is 24.2. The SMILES string of the molecule is CC(C)(O)C[C@]1(c2ccccc2)CCN([C@H]2CCCN(c3cccc(C(F)(F)F)n3)C2)C(=O)O1. The summed E-state index contributed by atoms with van der Waals surface area (Å²) in [5.74, 6) is 0.255. The summed E-state index contributed by atoms with van der Waals surface area (Å²) >= 11 is 0. The number of anilines is 1. The Morgan fingerprint density at radius 3 is 2.50 bits per heavy atom. The number of carbonyl (C=O) groups excluding carboxylic acids is 1. The van der Waals surface area contributed by atoms with Crippen molar-refractivity contribution < 1.29 is 27.8 Å². The number of ether oxygens (including phenoxy) is 1. The minimum absolute atomic E-state index is 0.200. The standard InChI is InChI=1S/C25H30F3N3O3/c1-23(2,33)17-24(18-8-4-3-5-9-18)13-15-31(22(32)34-24)19-10-7-14-30(16-19)21-12-6-11-20(29-21)25(26,27)28/h3-6,8-9,11-12,19,33H,7,10,13-17H2,1-2H3/t19-,24-/m0/s1. The van der Waals surface area contributed by atoms with E-state index in [0.29, 0.717) is 26.1 Å². The lowest BCUT2D eigenvalue weighted by molar-refractivity contribution is -0.141. The van der Waals surface area contributed by atoms with Crippen molar-refractivity contribution >= 4 is 11.9 Å². The number of piperidine rings is 1. The van der Waals surface area contributed by atoms with E-state index in [4.69, 9.17) is 4.74 Å². The zero-order chi connectivity index (χ0) is 24.6. The molecule has 2 fully saturated rings. The van der Waals surface area contributed by atoms with Gasteiger partial charge in [-0.25, -0.2) is 9.78 Å². The van der Waals surface area contributed by atoms with Crippen LogP contribution in [0, 0.1) is 0 Å². The highest BCUT2D eigenvalue weighted by Gasteiger charge is 2.47. The van der Waals surface area contributed by atoms with Crippen molar-refractivity contribution in [2.75, 3.05) is 24.5 Å². The van der Waals surface area contributed by atoms with Gasteiger partial charge in [0, 0.05) is 32.5 Å². The van der Waals surface area contributed by atoms with Gasteiger partial charge < -0.3 is 19.6 Å². The molecule has 34 heavy (non-hydrogen) atoms. The van der Waals surface area contributed by atoms with Gasteiger partial charge in [0.2, 0.25) is 0 Å². The summed E-state index contributed by atoms with van der Waals surface area (Å²) in [5.41, 5.74) is -2.08. The molecule has 2 aromatic rings. The Hall–Kier alpha value is -2.81. The number of aliphatic hydroxyl groups is 1. The maximum absolute atomic E-state index is 13.2. The summed E-state index contributed by atoms with van der Waals surface area (Å²) in [6.07, 6.45) is -2.76. The topological polar surface area (TPSA) is 65.9 Å². The molecule has 0 aliphatic carbocycles. The molecule has 2 aliphatic rings. The van der Waals surface area contributed by atoms with Crippen LogP contribution in [-0.4, -0.2) is 52.4 Å². The monoisotopic (exact) mass is 477 g/mol. The van der Waals surface area contributed by atoms with E-state index >= 15 is 0 Å². The highest BCUT2D eigenvalue weighted by Crippen LogP contribution is 2.41. The molecule has 0 saturated carbocycles. The number of carbonyl (C=O) groups is 1. The van der Waals surface area contributed by atoms with Gasteiger partial charge in [0.1, 0.15) is 17.1 Å². The average Bonchev–Trinajstić information content (AvgIpc) is 2.78. The van der Waals surface area contributed by atoms with Gasteiger partial charge in [0.15, 0.2) is 0 Å². The number of cyclic esters (lactones) is 1. The van der Waals surface area contributed by atoms with Gasteiger partial charge in [0.05, 0.1) is 11.6 Å². The van der Waals surface area contributed by atoms with Gasteiger partial charge >= 0.3 is 12.3 Å². The van der Waals surface area contributed by atoms with E-state index in [2.05, 4.69) is 4.98 Å². The van der Waals surface area contributed by atoms with E-state index in [1.807, 2.05) is 30.3 Å². The number of rotatable bonds is 5. The van der Waals surface area contributed by atoms with Crippen molar-refractivity contribution in [1.82, 2.24) is 9.88 Å². The Morgan fingerprint density at radius 1 is 1.12 bits per heavy atom. The highest BCUT2D eigenvalue weighted by atomic mass is 19.4. The van der Waals surface area contributed by atoms with E-state index in [1.54, 1.807) is 29.7 Å². The van der Waals surface area contributed by atoms with E-state index in [1.165, 1.54) is 6.07 Å². The van der Waals surface area contributed by atoms with Gasteiger partial charge in [-0.3, -0.25) is 0 Å². The van der Waals surface area contributed by atoms with Gasteiger partial charge in [-0.15, -0.1) is 0 Å². The lowest BCUT2D eigenvalue weighted by Crippen LogP contribution is -2.57. The lowest BCUT2D eigenvalue weighted by atomic mass is 9.80. The summed E-state index contributed by atoms with van der Waals surface area (Å²) in [5, 5.41) is 10.5. The number of pyridine rings is 1. The third-order valence-electron chi connectivity index (χ3n) is 6.48. The molecule has 6 nitrogen and oxygen atoms in total. The van der Waals surface area contributed by atoms with E-state index in [9.17, 15) is 23.1 Å². The van der Waals surface area contributed by atoms with Gasteiger partial charge in [-0.1, -0.05) is 36.4 Å². The summed E-state index contributed by atoms with van der Waals surface area (Å²) in [4.78, 5) is 20.5. The van der Waals surface area contributed by atoms with Crippen molar-refractivity contribution in [3.8, 4) is 0 Å². The Balaban J connectivity index is 1.51. The number of nitrogens with zero attached hydrogens (tertiary/aromatic N) is 3. The van der Waals surface area contributed by atoms with Crippen LogP contribution < -0.4 is 4.90 Å². The van der Waals surface area contributed by atoms with Crippen LogP contribution in [0.25, 0.3) is 0 Å². The first-order chi connectivity index (χ1) is 16.0. The van der Waals surface area contributed by atoms with Gasteiger partial charge in [-0.05, 0) is 44.4 Å². The van der Waals surface area contributed by atoms with Gasteiger partial charge in [0.25, 0.3) is 0 Å². The predicted octanol–water partition coefficient (Wildman–Crippen LogP) is 4.97. The second kappa shape index (κ2) is 9.09. The third kappa shape index (κ3) is 5.29. The average molecular weight is 478 g/mol. The molecule has 1 aromatic carbocycles. The second-order valence-corrected chi connectivity index (χ2v) is 9.78. The summed E-state index contributed by atoms with van der Waals surface area (Å²) in [7, 11) is 0. The molecule has 184 valence electrons. The van der Waals surface area contributed by atoms with Crippen molar-refractivity contribution in [3.05, 3.63) is 59.8 Å². The largest absolute Gasteiger partial charge is 0.438 e. The molecule has 1 N–H and O–H groups in total. The number of alkyl halides is 3. The van der Waals surface area contributed by atoms with Crippen LogP contribution in [0.3, 0.4) is 0 Å². The molecule has 3 heterocycles. The number of amides is 1. The fourth-order valence-electron chi connectivity index (χ4n) is 5.05. The second-order valence-electron chi connectivity index (χ2n) is 9.78. The molecule has 0 unspecified atom stereocenters. The Morgan fingerprint density at radius 2 is 1.85 bits per heavy atom. The molecular formula is C25H30F3N3O3. The lowest BCUT2D eigenvalue weighted by Gasteiger charge is -2.47. The van der Waals surface area contributed by atoms with Crippen LogP contribution in [0.5, 0.6) is 0 Å². The summed E-state index contributed by atoms with van der Waals surface area (Å²) < 4.78 is 45.4. The minimum Gasteiger partial charge on any atom is -0.438 e. The van der Waals surface area contributed by atoms with Crippen LogP contribution in [0.4, 0.5) is 23.8 Å². The molecule has 4 rings (SSSR count). The molecule has 0 radical (unpaired) electrons. The Kier molecular flexibility index (Phi) is 6.50. The molecule has 2 saturated heterocycles. The first-order valence-electron chi connectivity index (χ1n) is 11.5. The molecule has 2 atom stereocenters. The molecule has 9 heteroatoms. The van der Waals surface area contributed by atoms with E-state index in [0.717, 1.165) is 24.5 Å². The van der Waals surface area contributed by atoms with Crippen LogP contribution in [0.2, 0.25) is 0 Å². The van der Waals surface area contributed by atoms with E-state index < -0.39 is 29.2 Å². The van der Waals surface area contributed by atoms with E-state index in [-0.39, 0.29) is 18.3 Å². The van der Waals surface area contributed by atoms with Crippen LogP contribution >= 0.6 is 0 Å². The maximum atomic E-state index is 13.2. The van der Waals surface area contributed by atoms with Crippen LogP contribution in [0.1, 0.15) is 50.8 Å². The molecule has 2 aliphatic heterocycles. The molecule has 1 amide bonds. The minimum atomic E-state index is -4.51. The number of hydrogen-bond acceptors (Lipinski definition) is 5. The fourth-order valence-corrected chi connectivity index (χ4v) is 5.05. The quantitative estimate of drug-likeness (QED) is 0.659. The Bertz CT molecular complexity index is 1010. The smallest absolute Gasteiger partial charge is 0.433 e. The van der Waals surface area contributed by atoms with Crippen molar-refractivity contribution in [1.29, 1.82) is 0 Å². The summed E-state index contributed by atoms with van der Waals surface area (Å²) in [6, 6.07) is 13.1. The van der Waals surface area contributed by atoms with Crippen molar-refractivity contribution in [2.45, 2.75) is 63.0 Å². The number of halogens is 3. The zero-order valence-corrected chi connectivity index (χ0v) is 19.4. The first-order valence-corrected chi connectivity index (χ1v) is 11.5. The highest BCUT2D eigenvalue weighted by molar-refractivity contribution is 5.70. The summed E-state index contributed by atoms with van der Waals surface area (Å²) in [6.45, 7) is 4.77. The fraction of sp³-hybridized carbons (Fsp3) is 0.520. The van der Waals surface area contributed by atoms with Crippen LogP contribution in [0.15, 0.2) is 48.5 Å². The molecule has 1 aromatic heterocycles.